The number of carbonyl (C=O) groups is 1. The van der Waals surface area contributed by atoms with Crippen molar-refractivity contribution in [3.05, 3.63) is 0 Å². The Hall–Kier alpha value is -0.480. The van der Waals surface area contributed by atoms with Crippen LogP contribution in [0.3, 0.4) is 0 Å². The molecule has 0 rings (SSSR count). The summed E-state index contributed by atoms with van der Waals surface area (Å²) in [6.07, 6.45) is 0. The van der Waals surface area contributed by atoms with Crippen molar-refractivity contribution in [2.75, 3.05) is 20.6 Å². The maximum Gasteiger partial charge on any atom is 0.235 e. The van der Waals surface area contributed by atoms with Crippen LogP contribution in [0.2, 0.25) is 0 Å². The van der Waals surface area contributed by atoms with Gasteiger partial charge in [0, 0.05) is 14.1 Å². The molecule has 3 nitrogen and oxygen atoms in total. The number of hydrogen-bond acceptors (Lipinski definition) is 3. The maximum atomic E-state index is 10.3. The quantitative estimate of drug-likeness (QED) is 0.517. The molecule has 0 aromatic carbocycles. The Labute approximate surface area is 60.8 Å². The zero-order valence-corrected chi connectivity index (χ0v) is 6.57. The molecule has 1 amide bonds. The number of likely N-dealkylation sites (N-methyl/N-ethyl adjacent to an activating group) is 1. The predicted octanol–water partition coefficient (Wildman–Crippen LogP) is -0.351. The molecular formula is C5H12N2OS. The standard InChI is InChI=1S/C4H10N2O.CH2S/c1-6(2)4(7)3-5;1-2/h3,5H2,1-2H3;1H2. The van der Waals surface area contributed by atoms with Crippen LogP contribution in [0.4, 0.5) is 0 Å². The highest BCUT2D eigenvalue weighted by atomic mass is 32.1. The predicted molar refractivity (Wildman–Crippen MR) is 42.5 cm³/mol. The summed E-state index contributed by atoms with van der Waals surface area (Å²) < 4.78 is 0. The zero-order chi connectivity index (χ0) is 7.86. The van der Waals surface area contributed by atoms with E-state index in [1.807, 2.05) is 0 Å². The van der Waals surface area contributed by atoms with Gasteiger partial charge in [-0.2, -0.15) is 0 Å². The van der Waals surface area contributed by atoms with Crippen molar-refractivity contribution >= 4 is 24.0 Å². The van der Waals surface area contributed by atoms with Crippen LogP contribution in [-0.4, -0.2) is 37.3 Å². The fourth-order valence-electron chi connectivity index (χ4n) is 0.183. The van der Waals surface area contributed by atoms with E-state index in [1.165, 1.54) is 4.90 Å². The Morgan fingerprint density at radius 2 is 2.00 bits per heavy atom. The van der Waals surface area contributed by atoms with Crippen LogP contribution >= 0.6 is 12.2 Å². The topological polar surface area (TPSA) is 46.3 Å². The Morgan fingerprint density at radius 3 is 2.00 bits per heavy atom. The van der Waals surface area contributed by atoms with Gasteiger partial charge in [0.2, 0.25) is 5.91 Å². The second-order valence-electron chi connectivity index (χ2n) is 1.49. The zero-order valence-electron chi connectivity index (χ0n) is 5.76. The van der Waals surface area contributed by atoms with E-state index in [-0.39, 0.29) is 12.5 Å². The van der Waals surface area contributed by atoms with E-state index < -0.39 is 0 Å². The first-order valence-electron chi connectivity index (χ1n) is 2.37. The van der Waals surface area contributed by atoms with Crippen LogP contribution in [0.25, 0.3) is 0 Å². The molecule has 0 aromatic heterocycles. The van der Waals surface area contributed by atoms with Gasteiger partial charge in [-0.05, 0) is 5.87 Å². The Bertz CT molecular complexity index is 85.0. The van der Waals surface area contributed by atoms with E-state index in [2.05, 4.69) is 18.1 Å². The number of thiocarbonyl (C=S) groups is 1. The molecule has 0 heterocycles. The minimum absolute atomic E-state index is 0.0417. The average Bonchev–Trinajstić information content (AvgIpc) is 1.91. The largest absolute Gasteiger partial charge is 0.348 e. The summed E-state index contributed by atoms with van der Waals surface area (Å²) in [6.45, 7) is 0.104. The molecule has 0 spiro atoms. The van der Waals surface area contributed by atoms with Crippen LogP contribution in [-0.2, 0) is 4.79 Å². The third kappa shape index (κ3) is 7.52. The van der Waals surface area contributed by atoms with Gasteiger partial charge in [-0.3, -0.25) is 4.79 Å². The smallest absolute Gasteiger partial charge is 0.235 e. The normalized spacial score (nSPS) is 7.00. The fourth-order valence-corrected chi connectivity index (χ4v) is 0.183. The lowest BCUT2D eigenvalue weighted by Gasteiger charge is -2.05. The molecule has 0 atom stereocenters. The van der Waals surface area contributed by atoms with Crippen molar-refractivity contribution in [1.29, 1.82) is 0 Å². The van der Waals surface area contributed by atoms with Crippen molar-refractivity contribution in [3.8, 4) is 0 Å². The van der Waals surface area contributed by atoms with Gasteiger partial charge in [0.1, 0.15) is 0 Å². The van der Waals surface area contributed by atoms with E-state index in [1.54, 1.807) is 14.1 Å². The van der Waals surface area contributed by atoms with Crippen molar-refractivity contribution in [2.45, 2.75) is 0 Å². The molecule has 4 heteroatoms. The van der Waals surface area contributed by atoms with Crippen LogP contribution in [0, 0.1) is 0 Å². The summed E-state index contributed by atoms with van der Waals surface area (Å²) in [6, 6.07) is 0. The molecule has 0 saturated heterocycles. The van der Waals surface area contributed by atoms with Gasteiger partial charge in [-0.25, -0.2) is 0 Å². The molecule has 0 unspecified atom stereocenters. The minimum atomic E-state index is -0.0417. The maximum absolute atomic E-state index is 10.3. The molecule has 0 saturated carbocycles. The molecule has 0 aliphatic rings. The van der Waals surface area contributed by atoms with E-state index in [0.717, 1.165) is 0 Å². The number of hydrogen-bond donors (Lipinski definition) is 1. The highest BCUT2D eigenvalue weighted by Crippen LogP contribution is 1.70. The van der Waals surface area contributed by atoms with Crippen molar-refractivity contribution in [2.24, 2.45) is 5.73 Å². The van der Waals surface area contributed by atoms with Gasteiger partial charge >= 0.3 is 0 Å². The first-order chi connectivity index (χ1) is 4.18. The highest BCUT2D eigenvalue weighted by Gasteiger charge is 1.95. The van der Waals surface area contributed by atoms with Crippen LogP contribution in [0.1, 0.15) is 0 Å². The first-order valence-corrected chi connectivity index (χ1v) is 2.95. The van der Waals surface area contributed by atoms with E-state index in [9.17, 15) is 4.79 Å². The molecule has 54 valence electrons. The second-order valence-corrected chi connectivity index (χ2v) is 1.49. The number of nitrogens with zero attached hydrogens (tertiary/aromatic N) is 1. The van der Waals surface area contributed by atoms with Crippen LogP contribution < -0.4 is 5.73 Å². The molecule has 0 aliphatic heterocycles. The average molecular weight is 148 g/mol. The molecular weight excluding hydrogens is 136 g/mol. The van der Waals surface area contributed by atoms with E-state index >= 15 is 0 Å². The lowest BCUT2D eigenvalue weighted by molar-refractivity contribution is -0.127. The van der Waals surface area contributed by atoms with Gasteiger partial charge in [0.05, 0.1) is 6.54 Å². The molecule has 0 aromatic rings. The monoisotopic (exact) mass is 148 g/mol. The first kappa shape index (κ1) is 11.3. The molecule has 0 fully saturated rings. The van der Waals surface area contributed by atoms with Gasteiger partial charge in [0.15, 0.2) is 0 Å². The Kier molecular flexibility index (Phi) is 9.47. The Morgan fingerprint density at radius 1 is 1.67 bits per heavy atom. The molecule has 0 bridgehead atoms. The molecule has 9 heavy (non-hydrogen) atoms. The molecule has 0 radical (unpaired) electrons. The third-order valence-corrected chi connectivity index (χ3v) is 0.673. The fraction of sp³-hybridized carbons (Fsp3) is 0.600. The third-order valence-electron chi connectivity index (χ3n) is 0.673. The number of nitrogens with two attached hydrogens (primary N) is 1. The van der Waals surface area contributed by atoms with Gasteiger partial charge < -0.3 is 10.6 Å². The van der Waals surface area contributed by atoms with E-state index in [4.69, 9.17) is 5.73 Å². The molecule has 2 N–H and O–H groups in total. The number of carbonyl (C=O) groups excluding carboxylic acids is 1. The minimum Gasteiger partial charge on any atom is -0.348 e. The lowest BCUT2D eigenvalue weighted by atomic mass is 10.6. The second kappa shape index (κ2) is 7.52. The van der Waals surface area contributed by atoms with Crippen molar-refractivity contribution < 1.29 is 4.79 Å². The summed E-state index contributed by atoms with van der Waals surface area (Å²) >= 11 is 3.83. The van der Waals surface area contributed by atoms with Gasteiger partial charge in [-0.1, -0.05) is 12.2 Å². The van der Waals surface area contributed by atoms with Crippen LogP contribution in [0.15, 0.2) is 0 Å². The van der Waals surface area contributed by atoms with Crippen molar-refractivity contribution in [3.63, 3.8) is 0 Å². The van der Waals surface area contributed by atoms with Gasteiger partial charge in [-0.15, -0.1) is 0 Å². The summed E-state index contributed by atoms with van der Waals surface area (Å²) in [5, 5.41) is 0. The van der Waals surface area contributed by atoms with Crippen LogP contribution in [0.5, 0.6) is 0 Å². The highest BCUT2D eigenvalue weighted by molar-refractivity contribution is 7.77. The summed E-state index contributed by atoms with van der Waals surface area (Å²) in [5.74, 6) is 2.79. The van der Waals surface area contributed by atoms with E-state index in [0.29, 0.717) is 0 Å². The van der Waals surface area contributed by atoms with Crippen molar-refractivity contribution in [1.82, 2.24) is 4.90 Å². The summed E-state index contributed by atoms with van der Waals surface area (Å²) in [5.41, 5.74) is 4.98. The Balaban J connectivity index is 0. The lowest BCUT2D eigenvalue weighted by Crippen LogP contribution is -2.28. The summed E-state index contributed by atoms with van der Waals surface area (Å²) in [7, 11) is 3.35. The SMILES string of the molecule is C=S.CN(C)C(=O)CN. The molecule has 0 aliphatic carbocycles. The van der Waals surface area contributed by atoms with Gasteiger partial charge in [0.25, 0.3) is 0 Å². The number of rotatable bonds is 1. The number of amides is 1. The summed E-state index contributed by atoms with van der Waals surface area (Å²) in [4.78, 5) is 11.8.